The third-order valence-corrected chi connectivity index (χ3v) is 5.84. The molecule has 158 valence electrons. The highest BCUT2D eigenvalue weighted by molar-refractivity contribution is 7.15. The van der Waals surface area contributed by atoms with E-state index in [0.29, 0.717) is 4.88 Å². The largest absolute Gasteiger partial charge is 0.364 e. The molecule has 0 aliphatic heterocycles. The number of imidazole rings is 1. The molecule has 10 heteroatoms. The lowest BCUT2D eigenvalue weighted by Gasteiger charge is -2.07. The Balaban J connectivity index is 1.95. The highest BCUT2D eigenvalue weighted by Gasteiger charge is 2.25. The number of carbonyl (C=O) groups is 2. The molecule has 0 unspecified atom stereocenters. The number of thiophene rings is 1. The van der Waals surface area contributed by atoms with Crippen LogP contribution in [0.15, 0.2) is 41.2 Å². The first-order chi connectivity index (χ1) is 14.8. The second-order valence-corrected chi connectivity index (χ2v) is 8.15. The van der Waals surface area contributed by atoms with Crippen LogP contribution in [0.2, 0.25) is 0 Å². The first-order valence-electron chi connectivity index (χ1n) is 9.47. The van der Waals surface area contributed by atoms with Crippen LogP contribution in [0.25, 0.3) is 21.9 Å². The number of hydrogen-bond donors (Lipinski definition) is 1. The van der Waals surface area contributed by atoms with Gasteiger partial charge in [0.05, 0.1) is 17.0 Å². The number of hydrogen-bond acceptors (Lipinski definition) is 6. The van der Waals surface area contributed by atoms with Crippen LogP contribution in [0.1, 0.15) is 32.6 Å². The number of nitrogens with zero attached hydrogens (tertiary/aromatic N) is 4. The van der Waals surface area contributed by atoms with Gasteiger partial charge in [-0.3, -0.25) is 18.7 Å². The lowest BCUT2D eigenvalue weighted by Crippen LogP contribution is -2.27. The molecule has 31 heavy (non-hydrogen) atoms. The molecule has 3 aromatic heterocycles. The predicted molar refractivity (Wildman–Crippen MR) is 115 cm³/mol. The molecule has 0 aliphatic carbocycles. The fourth-order valence-corrected chi connectivity index (χ4v) is 4.20. The van der Waals surface area contributed by atoms with Crippen LogP contribution >= 0.6 is 11.3 Å². The Morgan fingerprint density at radius 1 is 1.13 bits per heavy atom. The topological polar surface area (TPSA) is 113 Å². The van der Waals surface area contributed by atoms with E-state index in [2.05, 4.69) is 9.97 Å². The predicted octanol–water partition coefficient (Wildman–Crippen LogP) is 2.77. The summed E-state index contributed by atoms with van der Waals surface area (Å²) in [5.41, 5.74) is 4.94. The fraction of sp³-hybridized carbons (Fsp3) is 0.190. The number of benzene rings is 1. The smallest absolute Gasteiger partial charge is 0.330 e. The monoisotopic (exact) mass is 439 g/mol. The minimum Gasteiger partial charge on any atom is -0.364 e. The molecular formula is C21H18FN5O3S. The maximum atomic E-state index is 14.1. The molecule has 2 N–H and O–H groups in total. The van der Waals surface area contributed by atoms with Gasteiger partial charge in [0, 0.05) is 11.4 Å². The first-order valence-corrected chi connectivity index (χ1v) is 10.3. The Bertz CT molecular complexity index is 1400. The molecule has 0 radical (unpaired) electrons. The van der Waals surface area contributed by atoms with Gasteiger partial charge < -0.3 is 5.73 Å². The van der Waals surface area contributed by atoms with Crippen molar-refractivity contribution in [2.75, 3.05) is 0 Å². The summed E-state index contributed by atoms with van der Waals surface area (Å²) in [6.45, 7) is 3.43. The average Bonchev–Trinajstić information content (AvgIpc) is 3.28. The Kier molecular flexibility index (Phi) is 5.24. The van der Waals surface area contributed by atoms with E-state index >= 15 is 0 Å². The number of carbonyl (C=O) groups excluding carboxylic acids is 2. The zero-order valence-corrected chi connectivity index (χ0v) is 17.6. The van der Waals surface area contributed by atoms with Crippen molar-refractivity contribution in [1.29, 1.82) is 0 Å². The third-order valence-electron chi connectivity index (χ3n) is 4.84. The fourth-order valence-electron chi connectivity index (χ4n) is 3.40. The number of aromatic nitrogens is 4. The Hall–Kier alpha value is -3.66. The van der Waals surface area contributed by atoms with Gasteiger partial charge in [0.25, 0.3) is 5.91 Å². The van der Waals surface area contributed by atoms with Gasteiger partial charge in [0.2, 0.25) is 0 Å². The summed E-state index contributed by atoms with van der Waals surface area (Å²) in [5, 5.41) is 0. The second kappa shape index (κ2) is 7.88. The second-order valence-electron chi connectivity index (χ2n) is 6.86. The van der Waals surface area contributed by atoms with Crippen molar-refractivity contribution in [2.24, 2.45) is 5.73 Å². The van der Waals surface area contributed by atoms with Crippen LogP contribution in [0.5, 0.6) is 0 Å². The van der Waals surface area contributed by atoms with Crippen LogP contribution in [0, 0.1) is 12.7 Å². The maximum Gasteiger partial charge on any atom is 0.330 e. The summed E-state index contributed by atoms with van der Waals surface area (Å²) < 4.78 is 16.5. The Morgan fingerprint density at radius 2 is 1.87 bits per heavy atom. The van der Waals surface area contributed by atoms with E-state index in [9.17, 15) is 18.8 Å². The minimum atomic E-state index is -0.859. The number of rotatable bonds is 6. The van der Waals surface area contributed by atoms with Crippen LogP contribution in [-0.2, 0) is 13.1 Å². The van der Waals surface area contributed by atoms with Crippen LogP contribution in [0.3, 0.4) is 0 Å². The zero-order valence-electron chi connectivity index (χ0n) is 16.8. The van der Waals surface area contributed by atoms with E-state index in [-0.39, 0.29) is 34.8 Å². The highest BCUT2D eigenvalue weighted by Crippen LogP contribution is 2.27. The molecular weight excluding hydrogens is 421 g/mol. The van der Waals surface area contributed by atoms with Crippen molar-refractivity contribution >= 4 is 34.2 Å². The summed E-state index contributed by atoms with van der Waals surface area (Å²) in [6, 6.07) is 9.21. The first kappa shape index (κ1) is 20.6. The number of amides is 1. The van der Waals surface area contributed by atoms with Crippen molar-refractivity contribution in [2.45, 2.75) is 26.9 Å². The van der Waals surface area contributed by atoms with E-state index in [0.717, 1.165) is 9.44 Å². The van der Waals surface area contributed by atoms with E-state index in [1.54, 1.807) is 6.92 Å². The van der Waals surface area contributed by atoms with E-state index in [1.165, 1.54) is 40.2 Å². The molecule has 3 heterocycles. The van der Waals surface area contributed by atoms with Gasteiger partial charge in [-0.1, -0.05) is 12.1 Å². The molecule has 0 bridgehead atoms. The molecule has 4 aromatic rings. The van der Waals surface area contributed by atoms with Gasteiger partial charge in [-0.05, 0) is 38.1 Å². The van der Waals surface area contributed by atoms with Gasteiger partial charge in [-0.25, -0.2) is 19.2 Å². The summed E-state index contributed by atoms with van der Waals surface area (Å²) >= 11 is 1.44. The highest BCUT2D eigenvalue weighted by atomic mass is 32.1. The summed E-state index contributed by atoms with van der Waals surface area (Å²) in [5.74, 6) is -1.91. The van der Waals surface area contributed by atoms with Crippen molar-refractivity contribution < 1.29 is 14.0 Å². The van der Waals surface area contributed by atoms with Crippen LogP contribution in [0.4, 0.5) is 4.39 Å². The van der Waals surface area contributed by atoms with Crippen molar-refractivity contribution in [1.82, 2.24) is 19.1 Å². The molecule has 1 aromatic carbocycles. The van der Waals surface area contributed by atoms with Crippen LogP contribution in [-0.4, -0.2) is 30.8 Å². The number of Topliss-reactive ketones (excluding diaryl/α,β-unsaturated/α-hetero) is 1. The molecule has 0 aliphatic rings. The standard InChI is InChI=1S/C21H18FN5O3S/c1-3-26-20-17(16(18(23)29)24-19(25-20)15-9-8-11(2)31-15)27(21(26)30)10-14(28)12-6-4-5-7-13(12)22/h4-9H,3,10H2,1-2H3,(H2,23,29). The average molecular weight is 439 g/mol. The zero-order chi connectivity index (χ0) is 22.3. The van der Waals surface area contributed by atoms with Crippen molar-refractivity contribution in [3.05, 3.63) is 68.8 Å². The minimum absolute atomic E-state index is 0.0565. The maximum absolute atomic E-state index is 14.1. The quantitative estimate of drug-likeness (QED) is 0.464. The molecule has 0 saturated heterocycles. The van der Waals surface area contributed by atoms with Crippen molar-refractivity contribution in [3.63, 3.8) is 0 Å². The number of primary amides is 1. The van der Waals surface area contributed by atoms with Gasteiger partial charge in [-0.2, -0.15) is 0 Å². The normalized spacial score (nSPS) is 11.2. The molecule has 1 amide bonds. The lowest BCUT2D eigenvalue weighted by molar-refractivity contribution is 0.0962. The number of aryl methyl sites for hydroxylation is 2. The Labute approximate surface area is 179 Å². The Morgan fingerprint density at radius 3 is 2.48 bits per heavy atom. The van der Waals surface area contributed by atoms with Gasteiger partial charge >= 0.3 is 5.69 Å². The molecule has 0 fully saturated rings. The van der Waals surface area contributed by atoms with E-state index in [4.69, 9.17) is 5.73 Å². The van der Waals surface area contributed by atoms with Crippen molar-refractivity contribution in [3.8, 4) is 10.7 Å². The summed E-state index contributed by atoms with van der Waals surface area (Å²) in [7, 11) is 0. The molecule has 0 spiro atoms. The summed E-state index contributed by atoms with van der Waals surface area (Å²) in [4.78, 5) is 48.6. The number of nitrogens with two attached hydrogens (primary N) is 1. The number of fused-ring (bicyclic) bond motifs is 1. The van der Waals surface area contributed by atoms with Gasteiger partial charge in [-0.15, -0.1) is 11.3 Å². The third kappa shape index (κ3) is 3.55. The molecule has 8 nitrogen and oxygen atoms in total. The molecule has 0 atom stereocenters. The molecule has 4 rings (SSSR count). The number of ketones is 1. The van der Waals surface area contributed by atoms with E-state index < -0.39 is 29.7 Å². The van der Waals surface area contributed by atoms with Gasteiger partial charge in [0.15, 0.2) is 22.9 Å². The SMILES string of the molecule is CCn1c(=O)n(CC(=O)c2ccccc2F)c2c(C(N)=O)nc(-c3ccc(C)s3)nc21. The lowest BCUT2D eigenvalue weighted by atomic mass is 10.1. The van der Waals surface area contributed by atoms with E-state index in [1.807, 2.05) is 19.1 Å². The van der Waals surface area contributed by atoms with Crippen LogP contribution < -0.4 is 11.4 Å². The summed E-state index contributed by atoms with van der Waals surface area (Å²) in [6.07, 6.45) is 0. The number of halogens is 1. The van der Waals surface area contributed by atoms with Gasteiger partial charge in [0.1, 0.15) is 11.3 Å². The molecule has 0 saturated carbocycles.